The number of aliphatic hydroxyl groups is 1. The number of hydrogen-bond donors (Lipinski definition) is 2. The molecule has 33 heavy (non-hydrogen) atoms. The van der Waals surface area contributed by atoms with Gasteiger partial charge in [-0.25, -0.2) is 0 Å². The smallest absolute Gasteiger partial charge is 0.250 e. The molecule has 1 aliphatic rings. The van der Waals surface area contributed by atoms with Crippen LogP contribution >= 0.6 is 0 Å². The molecule has 0 bridgehead atoms. The Morgan fingerprint density at radius 1 is 1.00 bits per heavy atom. The minimum absolute atomic E-state index is 0.159. The first kappa shape index (κ1) is 24.2. The standard InChI is InChI=1S/C26H31N3O4/c1-17(2)24-26(33)29(23(16-28(24)19(4)31)21-13-9-6-10-14-21)22(25(32)27-18(3)30)15-20-11-7-5-8-12-20/h5-14,16-17,22,24-25,32H,15H2,1-4H3,(H,27,30)/t22-,24?,25?/m0/s1. The second-order valence-electron chi connectivity index (χ2n) is 8.61. The maximum atomic E-state index is 14.0. The van der Waals surface area contributed by atoms with Crippen molar-refractivity contribution in [1.29, 1.82) is 0 Å². The Kier molecular flexibility index (Phi) is 7.66. The number of nitrogens with one attached hydrogen (secondary N) is 1. The third-order valence-electron chi connectivity index (χ3n) is 5.71. The third-order valence-corrected chi connectivity index (χ3v) is 5.71. The van der Waals surface area contributed by atoms with Gasteiger partial charge in [0.15, 0.2) is 0 Å². The van der Waals surface area contributed by atoms with Gasteiger partial charge in [0.25, 0.3) is 5.91 Å². The average Bonchev–Trinajstić information content (AvgIpc) is 2.77. The van der Waals surface area contributed by atoms with Gasteiger partial charge in [0.1, 0.15) is 12.3 Å². The molecule has 0 fully saturated rings. The molecule has 174 valence electrons. The first-order valence-corrected chi connectivity index (χ1v) is 11.1. The van der Waals surface area contributed by atoms with E-state index < -0.39 is 24.2 Å². The zero-order valence-corrected chi connectivity index (χ0v) is 19.4. The molecule has 3 atom stereocenters. The molecule has 1 heterocycles. The number of amides is 3. The lowest BCUT2D eigenvalue weighted by Gasteiger charge is -2.45. The van der Waals surface area contributed by atoms with Gasteiger partial charge >= 0.3 is 0 Å². The minimum Gasteiger partial charge on any atom is -0.371 e. The highest BCUT2D eigenvalue weighted by Gasteiger charge is 2.44. The van der Waals surface area contributed by atoms with Crippen molar-refractivity contribution in [2.45, 2.75) is 52.4 Å². The molecule has 2 aromatic rings. The van der Waals surface area contributed by atoms with Crippen molar-refractivity contribution in [3.63, 3.8) is 0 Å². The van der Waals surface area contributed by atoms with Gasteiger partial charge in [0, 0.05) is 20.0 Å². The third kappa shape index (κ3) is 5.49. The molecular weight excluding hydrogens is 418 g/mol. The molecule has 2 unspecified atom stereocenters. The highest BCUT2D eigenvalue weighted by atomic mass is 16.3. The highest BCUT2D eigenvalue weighted by molar-refractivity contribution is 5.97. The van der Waals surface area contributed by atoms with Crippen molar-refractivity contribution < 1.29 is 19.5 Å². The number of benzene rings is 2. The summed E-state index contributed by atoms with van der Waals surface area (Å²) in [4.78, 5) is 41.3. The summed E-state index contributed by atoms with van der Waals surface area (Å²) in [7, 11) is 0. The van der Waals surface area contributed by atoms with Crippen molar-refractivity contribution in [2.75, 3.05) is 0 Å². The molecule has 3 rings (SSSR count). The molecule has 0 saturated heterocycles. The lowest BCUT2D eigenvalue weighted by atomic mass is 9.93. The van der Waals surface area contributed by atoms with Crippen molar-refractivity contribution in [3.8, 4) is 0 Å². The van der Waals surface area contributed by atoms with Crippen LogP contribution in [0.1, 0.15) is 38.8 Å². The van der Waals surface area contributed by atoms with Gasteiger partial charge in [-0.1, -0.05) is 74.5 Å². The maximum Gasteiger partial charge on any atom is 0.250 e. The van der Waals surface area contributed by atoms with Crippen molar-refractivity contribution in [2.24, 2.45) is 5.92 Å². The van der Waals surface area contributed by atoms with Crippen LogP contribution in [-0.4, -0.2) is 50.9 Å². The summed E-state index contributed by atoms with van der Waals surface area (Å²) >= 11 is 0. The molecule has 7 nitrogen and oxygen atoms in total. The lowest BCUT2D eigenvalue weighted by molar-refractivity contribution is -0.147. The molecule has 7 heteroatoms. The predicted molar refractivity (Wildman–Crippen MR) is 126 cm³/mol. The number of carbonyl (C=O) groups is 3. The SMILES string of the molecule is CC(=O)NC(O)[C@H](Cc1ccccc1)N1C(=O)C(C(C)C)N(C(C)=O)C=C1c1ccccc1. The fraction of sp³-hybridized carbons (Fsp3) is 0.346. The molecule has 0 saturated carbocycles. The van der Waals surface area contributed by atoms with Crippen LogP contribution in [0.2, 0.25) is 0 Å². The second-order valence-corrected chi connectivity index (χ2v) is 8.61. The van der Waals surface area contributed by atoms with Crippen LogP contribution < -0.4 is 5.32 Å². The Morgan fingerprint density at radius 2 is 1.58 bits per heavy atom. The van der Waals surface area contributed by atoms with Crippen molar-refractivity contribution in [3.05, 3.63) is 78.0 Å². The minimum atomic E-state index is -1.31. The van der Waals surface area contributed by atoms with E-state index in [9.17, 15) is 19.5 Å². The average molecular weight is 450 g/mol. The van der Waals surface area contributed by atoms with Crippen LogP contribution in [-0.2, 0) is 20.8 Å². The van der Waals surface area contributed by atoms with Crippen LogP contribution in [0, 0.1) is 5.92 Å². The van der Waals surface area contributed by atoms with E-state index in [1.165, 1.54) is 18.7 Å². The molecule has 0 spiro atoms. The van der Waals surface area contributed by atoms with E-state index in [1.54, 1.807) is 11.1 Å². The largest absolute Gasteiger partial charge is 0.371 e. The number of nitrogens with zero attached hydrogens (tertiary/aromatic N) is 2. The first-order valence-electron chi connectivity index (χ1n) is 11.1. The topological polar surface area (TPSA) is 89.9 Å². The molecule has 2 N–H and O–H groups in total. The van der Waals surface area contributed by atoms with E-state index >= 15 is 0 Å². The van der Waals surface area contributed by atoms with E-state index in [2.05, 4.69) is 5.32 Å². The van der Waals surface area contributed by atoms with Crippen molar-refractivity contribution in [1.82, 2.24) is 15.1 Å². The number of hydrogen-bond acceptors (Lipinski definition) is 4. The predicted octanol–water partition coefficient (Wildman–Crippen LogP) is 2.77. The fourth-order valence-corrected chi connectivity index (χ4v) is 4.22. The summed E-state index contributed by atoms with van der Waals surface area (Å²) in [5.74, 6) is -1.10. The number of carbonyl (C=O) groups excluding carboxylic acids is 3. The van der Waals surface area contributed by atoms with Gasteiger partial charge in [-0.3, -0.25) is 14.4 Å². The molecule has 2 aromatic carbocycles. The first-order chi connectivity index (χ1) is 15.7. The van der Waals surface area contributed by atoms with Crippen LogP contribution in [0.3, 0.4) is 0 Å². The van der Waals surface area contributed by atoms with E-state index in [-0.39, 0.29) is 17.7 Å². The second kappa shape index (κ2) is 10.4. The maximum absolute atomic E-state index is 14.0. The van der Waals surface area contributed by atoms with E-state index in [1.807, 2.05) is 74.5 Å². The van der Waals surface area contributed by atoms with Gasteiger partial charge < -0.3 is 20.2 Å². The molecule has 1 aliphatic heterocycles. The van der Waals surface area contributed by atoms with Gasteiger partial charge in [0.05, 0.1) is 11.7 Å². The summed E-state index contributed by atoms with van der Waals surface area (Å²) < 4.78 is 0. The molecule has 0 aliphatic carbocycles. The Hall–Kier alpha value is -3.45. The van der Waals surface area contributed by atoms with E-state index in [0.717, 1.165) is 11.1 Å². The monoisotopic (exact) mass is 449 g/mol. The van der Waals surface area contributed by atoms with Gasteiger partial charge in [-0.05, 0) is 23.5 Å². The lowest BCUT2D eigenvalue weighted by Crippen LogP contribution is -2.61. The van der Waals surface area contributed by atoms with Crippen LogP contribution in [0.4, 0.5) is 0 Å². The normalized spacial score (nSPS) is 18.1. The van der Waals surface area contributed by atoms with E-state index in [4.69, 9.17) is 0 Å². The van der Waals surface area contributed by atoms with Gasteiger partial charge in [-0.15, -0.1) is 0 Å². The fourth-order valence-electron chi connectivity index (χ4n) is 4.22. The summed E-state index contributed by atoms with van der Waals surface area (Å²) in [6, 6.07) is 17.2. The van der Waals surface area contributed by atoms with Crippen LogP contribution in [0.15, 0.2) is 66.9 Å². The Labute approximate surface area is 194 Å². The van der Waals surface area contributed by atoms with Crippen LogP contribution in [0.5, 0.6) is 0 Å². The summed E-state index contributed by atoms with van der Waals surface area (Å²) in [5.41, 5.74) is 2.13. The van der Waals surface area contributed by atoms with E-state index in [0.29, 0.717) is 12.1 Å². The van der Waals surface area contributed by atoms with Gasteiger partial charge in [-0.2, -0.15) is 0 Å². The highest BCUT2D eigenvalue weighted by Crippen LogP contribution is 2.33. The Balaban J connectivity index is 2.18. The molecule has 0 radical (unpaired) electrons. The quantitative estimate of drug-likeness (QED) is 0.636. The van der Waals surface area contributed by atoms with Crippen LogP contribution in [0.25, 0.3) is 5.70 Å². The Bertz CT molecular complexity index is 1020. The number of rotatable bonds is 7. The number of aliphatic hydroxyl groups excluding tert-OH is 1. The summed E-state index contributed by atoms with van der Waals surface area (Å²) in [6.45, 7) is 6.52. The Morgan fingerprint density at radius 3 is 2.09 bits per heavy atom. The van der Waals surface area contributed by atoms with Crippen molar-refractivity contribution >= 4 is 23.4 Å². The van der Waals surface area contributed by atoms with Gasteiger partial charge in [0.2, 0.25) is 11.8 Å². The zero-order chi connectivity index (χ0) is 24.1. The molecular formula is C26H31N3O4. The summed E-state index contributed by atoms with van der Waals surface area (Å²) in [6.07, 6.45) is 0.682. The molecule has 3 amide bonds. The zero-order valence-electron chi connectivity index (χ0n) is 19.4. The summed E-state index contributed by atoms with van der Waals surface area (Å²) in [5, 5.41) is 13.6. The molecule has 0 aromatic heterocycles.